The Labute approximate surface area is 63.9 Å². The van der Waals surface area contributed by atoms with Crippen LogP contribution in [0.4, 0.5) is 0 Å². The Bertz CT molecular complexity index is 103. The Balaban J connectivity index is 3.09. The Hall–Kier alpha value is -0.590. The fourth-order valence-corrected chi connectivity index (χ4v) is 0.619. The molecule has 0 aromatic carbocycles. The Kier molecular flexibility index (Phi) is 7.91. The van der Waals surface area contributed by atoms with Crippen molar-refractivity contribution in [2.75, 3.05) is 6.54 Å². The van der Waals surface area contributed by atoms with Crippen LogP contribution in [0.5, 0.6) is 0 Å². The van der Waals surface area contributed by atoms with Crippen molar-refractivity contribution in [2.45, 2.75) is 33.1 Å². The highest BCUT2D eigenvalue weighted by atomic mass is 14.7. The quantitative estimate of drug-likeness (QED) is 0.410. The molecular formula is C9H17N. The molecule has 0 radical (unpaired) electrons. The zero-order chi connectivity index (χ0) is 7.66. The van der Waals surface area contributed by atoms with Crippen molar-refractivity contribution in [2.24, 2.45) is 4.99 Å². The highest BCUT2D eigenvalue weighted by molar-refractivity contribution is 5.59. The molecule has 1 nitrogen and oxygen atoms in total. The van der Waals surface area contributed by atoms with E-state index in [0.29, 0.717) is 0 Å². The van der Waals surface area contributed by atoms with Gasteiger partial charge < -0.3 is 0 Å². The Morgan fingerprint density at radius 1 is 1.20 bits per heavy atom. The zero-order valence-electron chi connectivity index (χ0n) is 7.01. The Morgan fingerprint density at radius 2 is 2.00 bits per heavy atom. The van der Waals surface area contributed by atoms with E-state index in [9.17, 15) is 0 Å². The van der Waals surface area contributed by atoms with Gasteiger partial charge in [0.15, 0.2) is 0 Å². The van der Waals surface area contributed by atoms with Crippen LogP contribution in [0.15, 0.2) is 17.1 Å². The van der Waals surface area contributed by atoms with E-state index < -0.39 is 0 Å². The molecule has 0 N–H and O–H groups in total. The fourth-order valence-electron chi connectivity index (χ4n) is 0.619. The summed E-state index contributed by atoms with van der Waals surface area (Å²) in [7, 11) is 0. The van der Waals surface area contributed by atoms with Crippen molar-refractivity contribution in [1.29, 1.82) is 0 Å². The second kappa shape index (κ2) is 8.41. The van der Waals surface area contributed by atoms with Crippen molar-refractivity contribution in [3.63, 3.8) is 0 Å². The van der Waals surface area contributed by atoms with Crippen LogP contribution in [0, 0.1) is 0 Å². The molecule has 0 rings (SSSR count). The fraction of sp³-hybridized carbons (Fsp3) is 0.667. The molecule has 0 spiro atoms. The first kappa shape index (κ1) is 9.41. The summed E-state index contributed by atoms with van der Waals surface area (Å²) >= 11 is 0. The highest BCUT2D eigenvalue weighted by Crippen LogP contribution is 1.83. The average Bonchev–Trinajstić information content (AvgIpc) is 1.97. The minimum atomic E-state index is 0.972. The topological polar surface area (TPSA) is 12.4 Å². The number of rotatable bonds is 5. The molecule has 0 atom stereocenters. The van der Waals surface area contributed by atoms with Gasteiger partial charge in [0.25, 0.3) is 0 Å². The maximum Gasteiger partial charge on any atom is 0.0382 e. The molecule has 0 aliphatic carbocycles. The molecule has 10 heavy (non-hydrogen) atoms. The maximum absolute atomic E-state index is 4.19. The summed E-state index contributed by atoms with van der Waals surface area (Å²) in [6.45, 7) is 5.25. The smallest absolute Gasteiger partial charge is 0.0382 e. The van der Waals surface area contributed by atoms with E-state index in [1.165, 1.54) is 0 Å². The summed E-state index contributed by atoms with van der Waals surface area (Å²) in [5.41, 5.74) is 0. The Morgan fingerprint density at radius 3 is 2.60 bits per heavy atom. The van der Waals surface area contributed by atoms with Crippen LogP contribution in [0.25, 0.3) is 0 Å². The van der Waals surface area contributed by atoms with Crippen molar-refractivity contribution >= 4 is 6.21 Å². The van der Waals surface area contributed by atoms with Gasteiger partial charge in [0.05, 0.1) is 0 Å². The lowest BCUT2D eigenvalue weighted by atomic mass is 10.3. The van der Waals surface area contributed by atoms with Gasteiger partial charge in [-0.25, -0.2) is 0 Å². The van der Waals surface area contributed by atoms with Gasteiger partial charge in [-0.3, -0.25) is 4.99 Å². The molecule has 58 valence electrons. The number of hydrogen-bond donors (Lipinski definition) is 0. The van der Waals surface area contributed by atoms with Crippen LogP contribution in [-0.2, 0) is 0 Å². The van der Waals surface area contributed by atoms with Crippen molar-refractivity contribution in [1.82, 2.24) is 0 Å². The van der Waals surface area contributed by atoms with Gasteiger partial charge in [0.1, 0.15) is 0 Å². The first-order valence-electron chi connectivity index (χ1n) is 4.05. The van der Waals surface area contributed by atoms with E-state index in [4.69, 9.17) is 0 Å². The van der Waals surface area contributed by atoms with Crippen LogP contribution in [0.1, 0.15) is 33.1 Å². The number of allylic oxidation sites excluding steroid dienone is 2. The summed E-state index contributed by atoms with van der Waals surface area (Å²) in [6.07, 6.45) is 9.57. The molecule has 0 amide bonds. The molecule has 0 aliphatic heterocycles. The third-order valence-corrected chi connectivity index (χ3v) is 1.13. The second-order valence-corrected chi connectivity index (χ2v) is 2.20. The van der Waals surface area contributed by atoms with E-state index >= 15 is 0 Å². The van der Waals surface area contributed by atoms with E-state index in [1.54, 1.807) is 0 Å². The molecule has 0 unspecified atom stereocenters. The van der Waals surface area contributed by atoms with Gasteiger partial charge in [-0.05, 0) is 12.8 Å². The number of hydrogen-bond acceptors (Lipinski definition) is 1. The molecular weight excluding hydrogens is 122 g/mol. The molecule has 0 saturated carbocycles. The second-order valence-electron chi connectivity index (χ2n) is 2.20. The predicted molar refractivity (Wildman–Crippen MR) is 47.7 cm³/mol. The predicted octanol–water partition coefficient (Wildman–Crippen LogP) is 2.82. The largest absolute Gasteiger partial charge is 0.297 e. The highest BCUT2D eigenvalue weighted by Gasteiger charge is 1.72. The molecule has 0 bridgehead atoms. The van der Waals surface area contributed by atoms with Gasteiger partial charge in [0.2, 0.25) is 0 Å². The van der Waals surface area contributed by atoms with Crippen LogP contribution in [-0.4, -0.2) is 12.8 Å². The molecule has 0 aromatic heterocycles. The van der Waals surface area contributed by atoms with Crippen molar-refractivity contribution in [3.8, 4) is 0 Å². The van der Waals surface area contributed by atoms with E-state index in [2.05, 4.69) is 31.0 Å². The monoisotopic (exact) mass is 139 g/mol. The maximum atomic E-state index is 4.19. The summed E-state index contributed by atoms with van der Waals surface area (Å²) in [4.78, 5) is 4.19. The molecule has 0 saturated heterocycles. The first-order valence-corrected chi connectivity index (χ1v) is 4.05. The van der Waals surface area contributed by atoms with Crippen molar-refractivity contribution < 1.29 is 0 Å². The van der Waals surface area contributed by atoms with Crippen molar-refractivity contribution in [3.05, 3.63) is 12.2 Å². The van der Waals surface area contributed by atoms with E-state index in [-0.39, 0.29) is 0 Å². The molecule has 0 heterocycles. The zero-order valence-corrected chi connectivity index (χ0v) is 7.01. The lowest BCUT2D eigenvalue weighted by Gasteiger charge is -1.83. The average molecular weight is 139 g/mol. The van der Waals surface area contributed by atoms with Crippen LogP contribution in [0.2, 0.25) is 0 Å². The van der Waals surface area contributed by atoms with Gasteiger partial charge in [-0.15, -0.1) is 0 Å². The summed E-state index contributed by atoms with van der Waals surface area (Å²) in [5, 5.41) is 0. The van der Waals surface area contributed by atoms with E-state index in [1.807, 2.05) is 6.21 Å². The van der Waals surface area contributed by atoms with Crippen LogP contribution >= 0.6 is 0 Å². The SMILES string of the molecule is CC/C=C\CC=NCCC. The van der Waals surface area contributed by atoms with Gasteiger partial charge in [-0.1, -0.05) is 26.0 Å². The third-order valence-electron chi connectivity index (χ3n) is 1.13. The molecule has 0 aromatic rings. The number of aliphatic imine (C=N–C) groups is 1. The normalized spacial score (nSPS) is 11.8. The molecule has 1 heteroatoms. The summed E-state index contributed by atoms with van der Waals surface area (Å²) < 4.78 is 0. The number of nitrogens with zero attached hydrogens (tertiary/aromatic N) is 1. The van der Waals surface area contributed by atoms with E-state index in [0.717, 1.165) is 25.8 Å². The minimum absolute atomic E-state index is 0.972. The third kappa shape index (κ3) is 7.41. The summed E-state index contributed by atoms with van der Waals surface area (Å²) in [6, 6.07) is 0. The molecule has 0 aliphatic rings. The first-order chi connectivity index (χ1) is 4.91. The summed E-state index contributed by atoms with van der Waals surface area (Å²) in [5.74, 6) is 0. The lowest BCUT2D eigenvalue weighted by molar-refractivity contribution is 0.934. The van der Waals surface area contributed by atoms with Crippen LogP contribution < -0.4 is 0 Å². The standard InChI is InChI=1S/C9H17N/c1-3-5-6-7-9-10-8-4-2/h5-6,9H,3-4,7-8H2,1-2H3/b6-5-,10-9?. The van der Waals surface area contributed by atoms with Gasteiger partial charge in [0, 0.05) is 19.2 Å². The molecule has 0 fully saturated rings. The van der Waals surface area contributed by atoms with Gasteiger partial charge in [-0.2, -0.15) is 0 Å². The van der Waals surface area contributed by atoms with Crippen LogP contribution in [0.3, 0.4) is 0 Å². The lowest BCUT2D eigenvalue weighted by Crippen LogP contribution is -1.76. The van der Waals surface area contributed by atoms with Gasteiger partial charge >= 0.3 is 0 Å². The minimum Gasteiger partial charge on any atom is -0.297 e.